The molecule has 3 aromatic rings. The molecular weight excluding hydrogens is 448 g/mol. The fourth-order valence-electron chi connectivity index (χ4n) is 3.31. The molecule has 35 heavy (non-hydrogen) atoms. The SMILES string of the molecule is COc1cccc(N(CC(=O)N(C)c2ccccc2)C(=O)CNC(=O)Nc2cccc(CO)c2)c1. The molecule has 0 saturated carbocycles. The summed E-state index contributed by atoms with van der Waals surface area (Å²) in [5, 5.41) is 14.4. The van der Waals surface area contributed by atoms with Gasteiger partial charge in [0.15, 0.2) is 0 Å². The molecule has 0 aliphatic heterocycles. The number of anilines is 3. The number of carbonyl (C=O) groups excluding carboxylic acids is 3. The number of aliphatic hydroxyl groups excluding tert-OH is 1. The number of carbonyl (C=O) groups is 3. The minimum Gasteiger partial charge on any atom is -0.497 e. The van der Waals surface area contributed by atoms with E-state index in [2.05, 4.69) is 10.6 Å². The van der Waals surface area contributed by atoms with Crippen LogP contribution in [0.15, 0.2) is 78.9 Å². The van der Waals surface area contributed by atoms with Gasteiger partial charge < -0.3 is 30.3 Å². The van der Waals surface area contributed by atoms with E-state index in [1.54, 1.807) is 67.7 Å². The summed E-state index contributed by atoms with van der Waals surface area (Å²) in [6.07, 6.45) is 0. The summed E-state index contributed by atoms with van der Waals surface area (Å²) in [5.41, 5.74) is 2.27. The van der Waals surface area contributed by atoms with Crippen molar-refractivity contribution in [2.75, 3.05) is 42.4 Å². The summed E-state index contributed by atoms with van der Waals surface area (Å²) in [4.78, 5) is 41.3. The van der Waals surface area contributed by atoms with Crippen LogP contribution in [0.25, 0.3) is 0 Å². The molecule has 0 heterocycles. The number of likely N-dealkylation sites (N-methyl/N-ethyl adjacent to an activating group) is 1. The van der Waals surface area contributed by atoms with Crippen molar-refractivity contribution in [3.8, 4) is 5.75 Å². The number of benzene rings is 3. The largest absolute Gasteiger partial charge is 0.497 e. The van der Waals surface area contributed by atoms with E-state index in [0.717, 1.165) is 0 Å². The van der Waals surface area contributed by atoms with Crippen molar-refractivity contribution in [2.24, 2.45) is 0 Å². The van der Waals surface area contributed by atoms with Crippen molar-refractivity contribution >= 4 is 34.9 Å². The van der Waals surface area contributed by atoms with Gasteiger partial charge in [0.05, 0.1) is 20.3 Å². The van der Waals surface area contributed by atoms with Crippen molar-refractivity contribution in [1.29, 1.82) is 0 Å². The Morgan fingerprint density at radius 2 is 1.60 bits per heavy atom. The molecule has 0 radical (unpaired) electrons. The van der Waals surface area contributed by atoms with Crippen LogP contribution in [0.1, 0.15) is 5.56 Å². The van der Waals surface area contributed by atoms with Gasteiger partial charge in [0, 0.05) is 30.2 Å². The van der Waals surface area contributed by atoms with Crippen LogP contribution in [-0.2, 0) is 16.2 Å². The fraction of sp³-hybridized carbons (Fsp3) is 0.192. The van der Waals surface area contributed by atoms with Crippen molar-refractivity contribution in [1.82, 2.24) is 5.32 Å². The van der Waals surface area contributed by atoms with Crippen LogP contribution in [0, 0.1) is 0 Å². The van der Waals surface area contributed by atoms with Gasteiger partial charge in [0.25, 0.3) is 0 Å². The van der Waals surface area contributed by atoms with E-state index >= 15 is 0 Å². The lowest BCUT2D eigenvalue weighted by Crippen LogP contribution is -2.46. The monoisotopic (exact) mass is 476 g/mol. The molecule has 3 aromatic carbocycles. The number of aliphatic hydroxyl groups is 1. The minimum atomic E-state index is -0.591. The molecule has 4 amide bonds. The van der Waals surface area contributed by atoms with Crippen molar-refractivity contribution in [2.45, 2.75) is 6.61 Å². The Balaban J connectivity index is 1.72. The van der Waals surface area contributed by atoms with E-state index in [9.17, 15) is 19.5 Å². The number of ether oxygens (including phenoxy) is 1. The Hall–Kier alpha value is -4.37. The van der Waals surface area contributed by atoms with Crippen LogP contribution in [0.3, 0.4) is 0 Å². The predicted molar refractivity (Wildman–Crippen MR) is 135 cm³/mol. The van der Waals surface area contributed by atoms with E-state index in [-0.39, 0.29) is 25.6 Å². The number of hydrogen-bond acceptors (Lipinski definition) is 5. The number of nitrogens with zero attached hydrogens (tertiary/aromatic N) is 2. The first-order chi connectivity index (χ1) is 16.9. The topological polar surface area (TPSA) is 111 Å². The number of rotatable bonds is 9. The zero-order chi connectivity index (χ0) is 25.2. The second-order valence-corrected chi connectivity index (χ2v) is 7.64. The molecule has 3 N–H and O–H groups in total. The third-order valence-corrected chi connectivity index (χ3v) is 5.24. The molecule has 0 fully saturated rings. The van der Waals surface area contributed by atoms with E-state index < -0.39 is 11.9 Å². The normalized spacial score (nSPS) is 10.3. The number of urea groups is 1. The van der Waals surface area contributed by atoms with Crippen LogP contribution >= 0.6 is 0 Å². The van der Waals surface area contributed by atoms with Crippen molar-refractivity contribution < 1.29 is 24.2 Å². The van der Waals surface area contributed by atoms with E-state index in [1.165, 1.54) is 16.9 Å². The van der Waals surface area contributed by atoms with E-state index in [4.69, 9.17) is 4.74 Å². The Bertz CT molecular complexity index is 1170. The number of amides is 4. The second kappa shape index (κ2) is 12.2. The maximum Gasteiger partial charge on any atom is 0.319 e. The average molecular weight is 477 g/mol. The predicted octanol–water partition coefficient (Wildman–Crippen LogP) is 3.01. The zero-order valence-electron chi connectivity index (χ0n) is 19.6. The van der Waals surface area contributed by atoms with Gasteiger partial charge in [-0.1, -0.05) is 36.4 Å². The molecule has 0 unspecified atom stereocenters. The second-order valence-electron chi connectivity index (χ2n) is 7.64. The molecule has 0 aliphatic carbocycles. The Morgan fingerprint density at radius 1 is 0.886 bits per heavy atom. The fourth-order valence-corrected chi connectivity index (χ4v) is 3.31. The molecule has 0 atom stereocenters. The number of methoxy groups -OCH3 is 1. The molecular formula is C26H28N4O5. The third-order valence-electron chi connectivity index (χ3n) is 5.24. The molecule has 9 heteroatoms. The first kappa shape index (κ1) is 25.3. The lowest BCUT2D eigenvalue weighted by molar-refractivity contribution is -0.121. The first-order valence-electron chi connectivity index (χ1n) is 10.9. The van der Waals surface area contributed by atoms with Crippen LogP contribution in [0.2, 0.25) is 0 Å². The third kappa shape index (κ3) is 7.05. The summed E-state index contributed by atoms with van der Waals surface area (Å²) in [7, 11) is 3.15. The molecule has 9 nitrogen and oxygen atoms in total. The number of para-hydroxylation sites is 1. The van der Waals surface area contributed by atoms with Gasteiger partial charge in [-0.05, 0) is 42.0 Å². The highest BCUT2D eigenvalue weighted by atomic mass is 16.5. The Morgan fingerprint density at radius 3 is 2.31 bits per heavy atom. The summed E-state index contributed by atoms with van der Waals surface area (Å²) < 4.78 is 5.26. The van der Waals surface area contributed by atoms with Gasteiger partial charge in [-0.3, -0.25) is 9.59 Å². The van der Waals surface area contributed by atoms with Gasteiger partial charge >= 0.3 is 6.03 Å². The van der Waals surface area contributed by atoms with Crippen LogP contribution in [0.4, 0.5) is 21.9 Å². The molecule has 0 aromatic heterocycles. The molecule has 0 spiro atoms. The van der Waals surface area contributed by atoms with Crippen LogP contribution < -0.4 is 25.2 Å². The highest BCUT2D eigenvalue weighted by Gasteiger charge is 2.23. The summed E-state index contributed by atoms with van der Waals surface area (Å²) in [5.74, 6) is -0.261. The maximum atomic E-state index is 13.1. The average Bonchev–Trinajstić information content (AvgIpc) is 2.90. The van der Waals surface area contributed by atoms with Crippen molar-refractivity contribution in [3.05, 3.63) is 84.4 Å². The maximum absolute atomic E-state index is 13.1. The van der Waals surface area contributed by atoms with Gasteiger partial charge in [-0.25, -0.2) is 4.79 Å². The molecule has 0 aliphatic rings. The molecule has 0 saturated heterocycles. The van der Waals surface area contributed by atoms with Crippen molar-refractivity contribution in [3.63, 3.8) is 0 Å². The quantitative estimate of drug-likeness (QED) is 0.440. The van der Waals surface area contributed by atoms with Gasteiger partial charge in [0.2, 0.25) is 11.8 Å². The lowest BCUT2D eigenvalue weighted by Gasteiger charge is -2.26. The molecule has 0 bridgehead atoms. The minimum absolute atomic E-state index is 0.156. The highest BCUT2D eigenvalue weighted by molar-refractivity contribution is 6.05. The van der Waals surface area contributed by atoms with Gasteiger partial charge in [-0.15, -0.1) is 0 Å². The summed E-state index contributed by atoms with van der Waals surface area (Å²) in [6, 6.07) is 22.0. The van der Waals surface area contributed by atoms with Crippen LogP contribution in [0.5, 0.6) is 5.75 Å². The summed E-state index contributed by atoms with van der Waals surface area (Å²) in [6.45, 7) is -0.735. The number of nitrogens with one attached hydrogen (secondary N) is 2. The standard InChI is InChI=1S/C26H28N4O5/c1-29(21-10-4-3-5-11-21)25(33)17-30(22-12-7-13-23(15-22)35-2)24(32)16-27-26(34)28-20-9-6-8-19(14-20)18-31/h3-15,31H,16-18H2,1-2H3,(H2,27,28,34). The number of hydrogen-bond donors (Lipinski definition) is 3. The zero-order valence-corrected chi connectivity index (χ0v) is 19.6. The van der Waals surface area contributed by atoms with E-state index in [1.807, 2.05) is 18.2 Å². The summed E-state index contributed by atoms with van der Waals surface area (Å²) >= 11 is 0. The highest BCUT2D eigenvalue weighted by Crippen LogP contribution is 2.22. The molecule has 3 rings (SSSR count). The molecule has 182 valence electrons. The lowest BCUT2D eigenvalue weighted by atomic mass is 10.2. The smallest absolute Gasteiger partial charge is 0.319 e. The van der Waals surface area contributed by atoms with Crippen LogP contribution in [-0.4, -0.2) is 50.2 Å². The van der Waals surface area contributed by atoms with Gasteiger partial charge in [0.1, 0.15) is 12.3 Å². The van der Waals surface area contributed by atoms with Gasteiger partial charge in [-0.2, -0.15) is 0 Å². The Kier molecular flexibility index (Phi) is 8.80. The van der Waals surface area contributed by atoms with E-state index in [0.29, 0.717) is 28.4 Å². The first-order valence-corrected chi connectivity index (χ1v) is 10.9. The Labute approximate surface area is 203 Å².